The van der Waals surface area contributed by atoms with E-state index in [1.54, 1.807) is 24.3 Å². The maximum atomic E-state index is 10.6. The number of aliphatic hydroxyl groups is 4. The Morgan fingerprint density at radius 3 is 1.83 bits per heavy atom. The number of hydrogen-bond donors (Lipinski definition) is 5. The third kappa shape index (κ3) is 3.25. The van der Waals surface area contributed by atoms with Crippen molar-refractivity contribution in [2.75, 3.05) is 26.4 Å². The number of nitrogens with two attached hydrogens (primary N) is 1. The van der Waals surface area contributed by atoms with Crippen molar-refractivity contribution in [3.63, 3.8) is 0 Å². The number of primary amides is 1. The van der Waals surface area contributed by atoms with Crippen molar-refractivity contribution in [1.82, 2.24) is 0 Å². The molecule has 1 saturated heterocycles. The normalized spacial score (nSPS) is 18.6. The van der Waals surface area contributed by atoms with E-state index in [9.17, 15) is 25.2 Å². The van der Waals surface area contributed by atoms with Gasteiger partial charge < -0.3 is 40.2 Å². The molecule has 0 spiro atoms. The fraction of sp³-hybridized carbons (Fsp3) is 0.500. The molecule has 1 aliphatic rings. The van der Waals surface area contributed by atoms with Crippen LogP contribution in [-0.2, 0) is 20.7 Å². The van der Waals surface area contributed by atoms with Gasteiger partial charge in [-0.05, 0) is 11.0 Å². The number of rotatable bonds is 7. The molecule has 0 saturated carbocycles. The zero-order valence-corrected chi connectivity index (χ0v) is 12.9. The highest BCUT2D eigenvalue weighted by Crippen LogP contribution is 2.37. The van der Waals surface area contributed by atoms with Crippen LogP contribution in [0.2, 0.25) is 0 Å². The van der Waals surface area contributed by atoms with Gasteiger partial charge in [0.15, 0.2) is 0 Å². The minimum absolute atomic E-state index is 0.0103. The number of hydrogen-bond acceptors (Lipinski definition) is 8. The van der Waals surface area contributed by atoms with Crippen LogP contribution in [0.15, 0.2) is 24.3 Å². The zero-order chi connectivity index (χ0) is 17.8. The summed E-state index contributed by atoms with van der Waals surface area (Å²) in [5.41, 5.74) is 2.82. The van der Waals surface area contributed by atoms with E-state index in [1.165, 1.54) is 0 Å². The molecule has 1 aromatic rings. The molecule has 9 nitrogen and oxygen atoms in total. The Morgan fingerprint density at radius 1 is 1.00 bits per heavy atom. The minimum Gasteiger partial charge on any atom is -0.445 e. The first-order chi connectivity index (χ1) is 11.5. The van der Waals surface area contributed by atoms with Gasteiger partial charge in [0.25, 0.3) is 0 Å². The second-order valence-electron chi connectivity index (χ2n) is 5.54. The van der Waals surface area contributed by atoms with E-state index in [2.05, 4.69) is 4.74 Å². The van der Waals surface area contributed by atoms with E-state index >= 15 is 0 Å². The molecule has 1 amide bonds. The summed E-state index contributed by atoms with van der Waals surface area (Å²) in [6.07, 6.45) is -0.882. The quantitative estimate of drug-likeness (QED) is 0.341. The Labute approximate surface area is 138 Å². The molecule has 0 bridgehead atoms. The molecular formula is C14H20BNO8. The fourth-order valence-corrected chi connectivity index (χ4v) is 2.54. The predicted octanol–water partition coefficient (Wildman–Crippen LogP) is -2.53. The highest BCUT2D eigenvalue weighted by molar-refractivity contribution is 6.62. The Bertz CT molecular complexity index is 538. The molecular weight excluding hydrogens is 321 g/mol. The van der Waals surface area contributed by atoms with Gasteiger partial charge in [-0.15, -0.1) is 0 Å². The highest BCUT2D eigenvalue weighted by Gasteiger charge is 2.62. The van der Waals surface area contributed by atoms with Gasteiger partial charge in [-0.2, -0.15) is 0 Å². The summed E-state index contributed by atoms with van der Waals surface area (Å²) in [5.74, 6) is 0. The molecule has 0 radical (unpaired) electrons. The van der Waals surface area contributed by atoms with Crippen molar-refractivity contribution in [3.8, 4) is 0 Å². The van der Waals surface area contributed by atoms with Crippen LogP contribution in [-0.4, -0.2) is 71.3 Å². The van der Waals surface area contributed by atoms with Crippen LogP contribution in [0.25, 0.3) is 0 Å². The maximum Gasteiger partial charge on any atom is 0.495 e. The molecule has 1 heterocycles. The van der Waals surface area contributed by atoms with Crippen molar-refractivity contribution in [1.29, 1.82) is 0 Å². The largest absolute Gasteiger partial charge is 0.495 e. The molecule has 24 heavy (non-hydrogen) atoms. The third-order valence-corrected chi connectivity index (χ3v) is 4.15. The van der Waals surface area contributed by atoms with Crippen LogP contribution in [0.4, 0.5) is 4.79 Å². The topological polar surface area (TPSA) is 152 Å². The van der Waals surface area contributed by atoms with Gasteiger partial charge in [-0.25, -0.2) is 4.79 Å². The predicted molar refractivity (Wildman–Crippen MR) is 82.2 cm³/mol. The molecule has 1 aromatic carbocycles. The highest BCUT2D eigenvalue weighted by atomic mass is 16.7. The number of amides is 1. The van der Waals surface area contributed by atoms with Crippen LogP contribution < -0.4 is 11.2 Å². The maximum absolute atomic E-state index is 10.6. The molecule has 1 aliphatic heterocycles. The van der Waals surface area contributed by atoms with Crippen molar-refractivity contribution < 1.29 is 39.3 Å². The molecule has 0 aliphatic carbocycles. The lowest BCUT2D eigenvalue weighted by atomic mass is 9.79. The third-order valence-electron chi connectivity index (χ3n) is 4.15. The number of carbonyl (C=O) groups excluding carboxylic acids is 1. The zero-order valence-electron chi connectivity index (χ0n) is 12.9. The molecule has 1 fully saturated rings. The van der Waals surface area contributed by atoms with Crippen molar-refractivity contribution in [2.45, 2.75) is 17.8 Å². The molecule has 10 heteroatoms. The second-order valence-corrected chi connectivity index (χ2v) is 5.54. The first-order valence-electron chi connectivity index (χ1n) is 7.26. The second kappa shape index (κ2) is 7.47. The van der Waals surface area contributed by atoms with Gasteiger partial charge in [-0.1, -0.05) is 24.3 Å². The van der Waals surface area contributed by atoms with E-state index in [1.807, 2.05) is 0 Å². The van der Waals surface area contributed by atoms with Gasteiger partial charge in [0.1, 0.15) is 17.8 Å². The smallest absolute Gasteiger partial charge is 0.445 e. The number of benzene rings is 1. The number of aliphatic hydroxyl groups excluding tert-OH is 4. The Balaban J connectivity index is 2.19. The fourth-order valence-electron chi connectivity index (χ4n) is 2.54. The molecule has 0 aromatic heterocycles. The minimum atomic E-state index is -1.64. The van der Waals surface area contributed by atoms with Crippen molar-refractivity contribution in [2.24, 2.45) is 5.73 Å². The van der Waals surface area contributed by atoms with Gasteiger partial charge >= 0.3 is 13.2 Å². The lowest BCUT2D eigenvalue weighted by Gasteiger charge is -2.39. The number of ether oxygens (including phenoxy) is 1. The Kier molecular flexibility index (Phi) is 5.81. The Hall–Kier alpha value is -1.69. The van der Waals surface area contributed by atoms with E-state index in [-0.39, 0.29) is 6.61 Å². The van der Waals surface area contributed by atoms with Gasteiger partial charge in [-0.3, -0.25) is 0 Å². The van der Waals surface area contributed by atoms with E-state index in [0.29, 0.717) is 11.0 Å². The van der Waals surface area contributed by atoms with Crippen LogP contribution in [0.1, 0.15) is 5.56 Å². The van der Waals surface area contributed by atoms with Gasteiger partial charge in [0, 0.05) is 0 Å². The van der Waals surface area contributed by atoms with Crippen LogP contribution in [0.3, 0.4) is 0 Å². The summed E-state index contributed by atoms with van der Waals surface area (Å²) in [6, 6.07) is 6.58. The van der Waals surface area contributed by atoms with Crippen molar-refractivity contribution >= 4 is 18.7 Å². The summed E-state index contributed by atoms with van der Waals surface area (Å²) < 4.78 is 15.9. The van der Waals surface area contributed by atoms with Crippen LogP contribution in [0, 0.1) is 0 Å². The molecule has 0 atom stereocenters. The summed E-state index contributed by atoms with van der Waals surface area (Å²) in [6.45, 7) is -2.58. The lowest BCUT2D eigenvalue weighted by Crippen LogP contribution is -2.61. The average molecular weight is 341 g/mol. The molecule has 6 N–H and O–H groups in total. The monoisotopic (exact) mass is 341 g/mol. The molecule has 132 valence electrons. The average Bonchev–Trinajstić information content (AvgIpc) is 2.95. The molecule has 0 unspecified atom stereocenters. The standard InChI is InChI=1S/C14H20BNO8/c16-12(21)22-5-10-1-3-11(4-2-10)15-23-13(6-17,7-18)14(8-19,9-20)24-15/h1-4,17-20H,5-9H2,(H2,16,21). The molecule has 2 rings (SSSR count). The summed E-state index contributed by atoms with van der Waals surface area (Å²) in [5, 5.41) is 38.4. The Morgan fingerprint density at radius 2 is 1.46 bits per heavy atom. The van der Waals surface area contributed by atoms with Crippen LogP contribution in [0.5, 0.6) is 0 Å². The van der Waals surface area contributed by atoms with E-state index in [4.69, 9.17) is 15.0 Å². The first kappa shape index (κ1) is 18.7. The number of carbonyl (C=O) groups is 1. The lowest BCUT2D eigenvalue weighted by molar-refractivity contribution is -0.147. The van der Waals surface area contributed by atoms with E-state index in [0.717, 1.165) is 0 Å². The van der Waals surface area contributed by atoms with Crippen LogP contribution >= 0.6 is 0 Å². The van der Waals surface area contributed by atoms with E-state index < -0.39 is 50.8 Å². The van der Waals surface area contributed by atoms with Gasteiger partial charge in [0.2, 0.25) is 0 Å². The summed E-state index contributed by atoms with van der Waals surface area (Å²) in [7, 11) is -1.00. The summed E-state index contributed by atoms with van der Waals surface area (Å²) >= 11 is 0. The van der Waals surface area contributed by atoms with Gasteiger partial charge in [0.05, 0.1) is 26.4 Å². The summed E-state index contributed by atoms with van der Waals surface area (Å²) in [4.78, 5) is 10.6. The first-order valence-corrected chi connectivity index (χ1v) is 7.26. The SMILES string of the molecule is NC(=O)OCc1ccc(B2OC(CO)(CO)C(CO)(CO)O2)cc1. The van der Waals surface area contributed by atoms with Crippen molar-refractivity contribution in [3.05, 3.63) is 29.8 Å².